The molecule has 6 nitrogen and oxygen atoms in total. The highest BCUT2D eigenvalue weighted by atomic mass is 16.5. The average molecular weight is 265 g/mol. The molecule has 0 atom stereocenters. The Morgan fingerprint density at radius 2 is 2.11 bits per heavy atom. The Morgan fingerprint density at radius 1 is 1.42 bits per heavy atom. The Kier molecular flexibility index (Phi) is 5.17. The van der Waals surface area contributed by atoms with Crippen molar-refractivity contribution in [3.63, 3.8) is 0 Å². The zero-order chi connectivity index (χ0) is 14.4. The van der Waals surface area contributed by atoms with E-state index in [0.717, 1.165) is 0 Å². The van der Waals surface area contributed by atoms with Crippen molar-refractivity contribution < 1.29 is 14.3 Å². The molecule has 0 spiro atoms. The Labute approximate surface area is 112 Å². The predicted molar refractivity (Wildman–Crippen MR) is 73.1 cm³/mol. The van der Waals surface area contributed by atoms with E-state index in [9.17, 15) is 9.59 Å². The molecule has 0 saturated heterocycles. The van der Waals surface area contributed by atoms with Gasteiger partial charge in [-0.3, -0.25) is 9.59 Å². The van der Waals surface area contributed by atoms with Crippen molar-refractivity contribution in [1.29, 1.82) is 0 Å². The Hall–Kier alpha value is -2.24. The molecule has 0 unspecified atom stereocenters. The number of benzene rings is 1. The summed E-state index contributed by atoms with van der Waals surface area (Å²) in [4.78, 5) is 25.2. The summed E-state index contributed by atoms with van der Waals surface area (Å²) in [6.07, 6.45) is 0. The molecule has 0 radical (unpaired) electrons. The van der Waals surface area contributed by atoms with Crippen molar-refractivity contribution in [3.05, 3.63) is 23.8 Å². The van der Waals surface area contributed by atoms with Crippen LogP contribution in [0.5, 0.6) is 5.75 Å². The first kappa shape index (κ1) is 14.8. The summed E-state index contributed by atoms with van der Waals surface area (Å²) in [5, 5.41) is 2.49. The lowest BCUT2D eigenvalue weighted by Gasteiger charge is -2.21. The highest BCUT2D eigenvalue weighted by molar-refractivity contribution is 5.99. The van der Waals surface area contributed by atoms with Crippen LogP contribution in [0.25, 0.3) is 0 Å². The number of nitrogens with two attached hydrogens (primary N) is 1. The van der Waals surface area contributed by atoms with E-state index >= 15 is 0 Å². The third-order valence-corrected chi connectivity index (χ3v) is 2.74. The summed E-state index contributed by atoms with van der Waals surface area (Å²) in [5.41, 5.74) is 6.51. The quantitative estimate of drug-likeness (QED) is 0.759. The van der Waals surface area contributed by atoms with Gasteiger partial charge in [0.25, 0.3) is 5.91 Å². The number of likely N-dealkylation sites (N-methyl/N-ethyl adjacent to an activating group) is 2. The molecule has 0 fully saturated rings. The molecule has 1 rings (SSSR count). The monoisotopic (exact) mass is 265 g/mol. The second-order valence-corrected chi connectivity index (χ2v) is 3.95. The molecule has 1 aromatic rings. The maximum atomic E-state index is 12.4. The number of methoxy groups -OCH3 is 1. The maximum absolute atomic E-state index is 12.4. The first-order chi connectivity index (χ1) is 9.03. The van der Waals surface area contributed by atoms with Crippen LogP contribution >= 0.6 is 0 Å². The third kappa shape index (κ3) is 3.61. The largest absolute Gasteiger partial charge is 0.496 e. The molecule has 0 saturated carbocycles. The zero-order valence-electron chi connectivity index (χ0n) is 11.4. The Balaban J connectivity index is 3.03. The van der Waals surface area contributed by atoms with Crippen molar-refractivity contribution >= 4 is 17.5 Å². The summed E-state index contributed by atoms with van der Waals surface area (Å²) < 4.78 is 5.14. The lowest BCUT2D eigenvalue weighted by molar-refractivity contribution is -0.121. The number of nitrogens with one attached hydrogen (secondary N) is 1. The minimum Gasteiger partial charge on any atom is -0.496 e. The van der Waals surface area contributed by atoms with E-state index < -0.39 is 0 Å². The molecular weight excluding hydrogens is 246 g/mol. The topological polar surface area (TPSA) is 84.7 Å². The second kappa shape index (κ2) is 6.63. The van der Waals surface area contributed by atoms with Gasteiger partial charge in [0.05, 0.1) is 19.2 Å². The van der Waals surface area contributed by atoms with Gasteiger partial charge in [0.15, 0.2) is 0 Å². The minimum absolute atomic E-state index is 0.00376. The molecule has 1 aromatic carbocycles. The van der Waals surface area contributed by atoms with Gasteiger partial charge >= 0.3 is 0 Å². The van der Waals surface area contributed by atoms with Crippen molar-refractivity contribution in [2.75, 3.05) is 33.0 Å². The standard InChI is InChI=1S/C13H19N3O3/c1-4-16(8-12(17)15-2)13(18)10-7-9(14)5-6-11(10)19-3/h5-7H,4,8,14H2,1-3H3,(H,15,17). The van der Waals surface area contributed by atoms with Crippen LogP contribution in [-0.2, 0) is 4.79 Å². The maximum Gasteiger partial charge on any atom is 0.258 e. The summed E-state index contributed by atoms with van der Waals surface area (Å²) in [7, 11) is 3.01. The van der Waals surface area contributed by atoms with Gasteiger partial charge in [-0.2, -0.15) is 0 Å². The van der Waals surface area contributed by atoms with Crippen molar-refractivity contribution in [2.45, 2.75) is 6.92 Å². The fraction of sp³-hybridized carbons (Fsp3) is 0.385. The lowest BCUT2D eigenvalue weighted by atomic mass is 10.1. The van der Waals surface area contributed by atoms with E-state index in [0.29, 0.717) is 23.5 Å². The molecule has 19 heavy (non-hydrogen) atoms. The third-order valence-electron chi connectivity index (χ3n) is 2.74. The molecule has 0 bridgehead atoms. The van der Waals surface area contributed by atoms with Gasteiger partial charge in [-0.15, -0.1) is 0 Å². The number of ether oxygens (including phenoxy) is 1. The molecule has 0 aromatic heterocycles. The number of hydrogen-bond donors (Lipinski definition) is 2. The average Bonchev–Trinajstić information content (AvgIpc) is 2.43. The number of nitrogens with zero attached hydrogens (tertiary/aromatic N) is 1. The number of hydrogen-bond acceptors (Lipinski definition) is 4. The number of anilines is 1. The van der Waals surface area contributed by atoms with Crippen LogP contribution in [0.2, 0.25) is 0 Å². The summed E-state index contributed by atoms with van der Waals surface area (Å²) in [6.45, 7) is 2.23. The lowest BCUT2D eigenvalue weighted by Crippen LogP contribution is -2.39. The van der Waals surface area contributed by atoms with E-state index in [-0.39, 0.29) is 18.4 Å². The van der Waals surface area contributed by atoms with Gasteiger partial charge in [-0.25, -0.2) is 0 Å². The van der Waals surface area contributed by atoms with Crippen LogP contribution < -0.4 is 15.8 Å². The fourth-order valence-corrected chi connectivity index (χ4v) is 1.64. The molecule has 6 heteroatoms. The van der Waals surface area contributed by atoms with Crippen LogP contribution in [0.4, 0.5) is 5.69 Å². The number of rotatable bonds is 5. The van der Waals surface area contributed by atoms with Gasteiger partial charge in [0.2, 0.25) is 5.91 Å². The Morgan fingerprint density at radius 3 is 2.63 bits per heavy atom. The minimum atomic E-state index is -0.282. The molecule has 0 aliphatic rings. The normalized spacial score (nSPS) is 9.84. The van der Waals surface area contributed by atoms with E-state index in [1.807, 2.05) is 0 Å². The molecule has 0 aliphatic heterocycles. The molecule has 104 valence electrons. The van der Waals surface area contributed by atoms with Crippen molar-refractivity contribution in [2.24, 2.45) is 0 Å². The Bertz CT molecular complexity index is 474. The highest BCUT2D eigenvalue weighted by Crippen LogP contribution is 2.22. The van der Waals surface area contributed by atoms with Crippen molar-refractivity contribution in [1.82, 2.24) is 10.2 Å². The van der Waals surface area contributed by atoms with Crippen LogP contribution in [0.3, 0.4) is 0 Å². The van der Waals surface area contributed by atoms with Gasteiger partial charge in [0, 0.05) is 19.3 Å². The number of amides is 2. The SMILES string of the molecule is CCN(CC(=O)NC)C(=O)c1cc(N)ccc1OC. The molecule has 3 N–H and O–H groups in total. The first-order valence-electron chi connectivity index (χ1n) is 5.96. The van der Waals surface area contributed by atoms with E-state index in [4.69, 9.17) is 10.5 Å². The number of nitrogen functional groups attached to an aromatic ring is 1. The molecule has 0 heterocycles. The van der Waals surface area contributed by atoms with Gasteiger partial charge in [0.1, 0.15) is 5.75 Å². The van der Waals surface area contributed by atoms with Crippen molar-refractivity contribution in [3.8, 4) is 5.75 Å². The molecule has 0 aliphatic carbocycles. The second-order valence-electron chi connectivity index (χ2n) is 3.95. The zero-order valence-corrected chi connectivity index (χ0v) is 11.4. The van der Waals surface area contributed by atoms with Crippen LogP contribution in [0.1, 0.15) is 17.3 Å². The summed E-state index contributed by atoms with van der Waals surface area (Å²) >= 11 is 0. The predicted octanol–water partition coefficient (Wildman–Crippen LogP) is 0.486. The summed E-state index contributed by atoms with van der Waals surface area (Å²) in [6, 6.07) is 4.84. The van der Waals surface area contributed by atoms with E-state index in [1.54, 1.807) is 25.1 Å². The van der Waals surface area contributed by atoms with Crippen LogP contribution in [-0.4, -0.2) is 44.0 Å². The van der Waals surface area contributed by atoms with Gasteiger partial charge in [-0.1, -0.05) is 0 Å². The van der Waals surface area contributed by atoms with E-state index in [1.165, 1.54) is 19.1 Å². The number of carbonyl (C=O) groups excluding carboxylic acids is 2. The molecule has 2 amide bonds. The van der Waals surface area contributed by atoms with Gasteiger partial charge in [-0.05, 0) is 25.1 Å². The van der Waals surface area contributed by atoms with Crippen LogP contribution in [0, 0.1) is 0 Å². The molecular formula is C13H19N3O3. The van der Waals surface area contributed by atoms with Gasteiger partial charge < -0.3 is 20.7 Å². The van der Waals surface area contributed by atoms with E-state index in [2.05, 4.69) is 5.32 Å². The highest BCUT2D eigenvalue weighted by Gasteiger charge is 2.20. The smallest absolute Gasteiger partial charge is 0.258 e. The first-order valence-corrected chi connectivity index (χ1v) is 5.96. The fourth-order valence-electron chi connectivity index (χ4n) is 1.64. The number of carbonyl (C=O) groups is 2. The van der Waals surface area contributed by atoms with Crippen LogP contribution in [0.15, 0.2) is 18.2 Å². The summed E-state index contributed by atoms with van der Waals surface area (Å²) in [5.74, 6) is -0.0668.